The molecule has 1 heterocycles. The minimum absolute atomic E-state index is 0.0568. The van der Waals surface area contributed by atoms with Gasteiger partial charge in [0.15, 0.2) is 5.78 Å². The molecule has 0 saturated heterocycles. The van der Waals surface area contributed by atoms with Crippen LogP contribution in [0.2, 0.25) is 0 Å². The van der Waals surface area contributed by atoms with E-state index in [0.717, 1.165) is 31.4 Å². The van der Waals surface area contributed by atoms with Gasteiger partial charge in [-0.3, -0.25) is 9.59 Å². The first-order chi connectivity index (χ1) is 18.2. The Labute approximate surface area is 226 Å². The van der Waals surface area contributed by atoms with Crippen molar-refractivity contribution >= 4 is 46.6 Å². The molecule has 6 N–H and O–H groups in total. The molecule has 1 amide bonds. The number of ketones is 1. The molecule has 1 aromatic rings. The van der Waals surface area contributed by atoms with E-state index in [0.29, 0.717) is 29.0 Å². The number of nitrogens with two attached hydrogens (primary N) is 1. The molecule has 0 radical (unpaired) electrons. The molecule has 4 rings (SSSR count). The van der Waals surface area contributed by atoms with Gasteiger partial charge in [-0.05, 0) is 74.0 Å². The number of aliphatic hydroxyl groups is 1. The van der Waals surface area contributed by atoms with E-state index in [9.17, 15) is 24.6 Å². The topological polar surface area (TPSA) is 151 Å². The number of fused-ring (bicyclic) bond motifs is 2. The first-order valence-corrected chi connectivity index (χ1v) is 12.7. The normalized spacial score (nSPS) is 19.1. The van der Waals surface area contributed by atoms with Crippen molar-refractivity contribution < 1.29 is 29.3 Å². The van der Waals surface area contributed by atoms with Crippen LogP contribution in [0.15, 0.2) is 71.7 Å². The Kier molecular flexibility index (Phi) is 10.1. The fourth-order valence-corrected chi connectivity index (χ4v) is 4.51. The summed E-state index contributed by atoms with van der Waals surface area (Å²) in [4.78, 5) is 34.0. The molecule has 1 aromatic carbocycles. The van der Waals surface area contributed by atoms with Crippen LogP contribution in [0, 0.1) is 5.92 Å². The number of carboxylic acid groups (broad SMARTS) is 1. The molecule has 38 heavy (non-hydrogen) atoms. The Bertz CT molecular complexity index is 1260. The maximum atomic E-state index is 12.0. The van der Waals surface area contributed by atoms with Crippen molar-refractivity contribution in [1.29, 1.82) is 0 Å². The van der Waals surface area contributed by atoms with Crippen molar-refractivity contribution in [3.8, 4) is 0 Å². The summed E-state index contributed by atoms with van der Waals surface area (Å²) in [5, 5.41) is 25.5. The maximum absolute atomic E-state index is 12.0. The van der Waals surface area contributed by atoms with E-state index in [2.05, 4.69) is 10.6 Å². The molecule has 2 unspecified atom stereocenters. The molecular formula is C28H31N3O6S. The number of nitrogens with one attached hydrogen (secondary N) is 2. The summed E-state index contributed by atoms with van der Waals surface area (Å²) in [5.41, 5.74) is 8.81. The average Bonchev–Trinajstić information content (AvgIpc) is 2.87. The zero-order chi connectivity index (χ0) is 27.7. The summed E-state index contributed by atoms with van der Waals surface area (Å²) >= 11 is 4.78. The SMILES string of the molecule is CNCCCCCC(N)=O.O=C1C=CC2=C(c3ccc(NC=S)cc3C(=O)O)C3C=CC(O)=CC3OC2=C1. The van der Waals surface area contributed by atoms with Gasteiger partial charge in [-0.2, -0.15) is 0 Å². The number of benzene rings is 1. The summed E-state index contributed by atoms with van der Waals surface area (Å²) in [6.45, 7) is 1.03. The van der Waals surface area contributed by atoms with Crippen LogP contribution in [-0.2, 0) is 14.3 Å². The predicted octanol–water partition coefficient (Wildman–Crippen LogP) is 3.81. The molecule has 0 aromatic heterocycles. The number of rotatable bonds is 10. The van der Waals surface area contributed by atoms with Crippen LogP contribution in [0.1, 0.15) is 41.6 Å². The van der Waals surface area contributed by atoms with Gasteiger partial charge in [-0.1, -0.05) is 30.8 Å². The Morgan fingerprint density at radius 3 is 2.66 bits per heavy atom. The Balaban J connectivity index is 0.000000342. The van der Waals surface area contributed by atoms with E-state index in [1.807, 2.05) is 7.05 Å². The number of carbonyl (C=O) groups is 3. The molecule has 0 saturated carbocycles. The van der Waals surface area contributed by atoms with E-state index in [-0.39, 0.29) is 28.9 Å². The Morgan fingerprint density at radius 2 is 1.97 bits per heavy atom. The average molecular weight is 538 g/mol. The Hall–Kier alpha value is -4.02. The number of carboxylic acids is 1. The number of aromatic carboxylic acids is 1. The largest absolute Gasteiger partial charge is 0.508 e. The summed E-state index contributed by atoms with van der Waals surface area (Å²) < 4.78 is 5.91. The molecule has 3 aliphatic rings. The number of unbranched alkanes of at least 4 members (excludes halogenated alkanes) is 2. The summed E-state index contributed by atoms with van der Waals surface area (Å²) in [6.07, 6.45) is 12.4. The van der Waals surface area contributed by atoms with Crippen LogP contribution in [0.5, 0.6) is 0 Å². The maximum Gasteiger partial charge on any atom is 0.336 e. The third-order valence-corrected chi connectivity index (χ3v) is 6.24. The van der Waals surface area contributed by atoms with Crippen LogP contribution in [0.3, 0.4) is 0 Å². The van der Waals surface area contributed by atoms with Crippen LogP contribution >= 0.6 is 12.2 Å². The second-order valence-corrected chi connectivity index (χ2v) is 9.07. The molecule has 1 aliphatic heterocycles. The predicted molar refractivity (Wildman–Crippen MR) is 150 cm³/mol. The van der Waals surface area contributed by atoms with Gasteiger partial charge >= 0.3 is 5.97 Å². The highest BCUT2D eigenvalue weighted by atomic mass is 32.1. The van der Waals surface area contributed by atoms with Gasteiger partial charge in [-0.25, -0.2) is 4.79 Å². The van der Waals surface area contributed by atoms with Crippen molar-refractivity contribution in [3.05, 3.63) is 82.9 Å². The number of hydrogen-bond donors (Lipinski definition) is 5. The number of amides is 1. The lowest BCUT2D eigenvalue weighted by atomic mass is 9.77. The van der Waals surface area contributed by atoms with Crippen molar-refractivity contribution in [1.82, 2.24) is 5.32 Å². The molecule has 10 heteroatoms. The fourth-order valence-electron chi connectivity index (χ4n) is 4.37. The van der Waals surface area contributed by atoms with Crippen LogP contribution in [-0.4, -0.2) is 53.1 Å². The first-order valence-electron chi connectivity index (χ1n) is 12.2. The van der Waals surface area contributed by atoms with Crippen molar-refractivity contribution in [2.45, 2.75) is 31.8 Å². The fraction of sp³-hybridized carbons (Fsp3) is 0.286. The van der Waals surface area contributed by atoms with Gasteiger partial charge in [0.25, 0.3) is 0 Å². The summed E-state index contributed by atoms with van der Waals surface area (Å²) in [6, 6.07) is 4.96. The molecule has 0 bridgehead atoms. The van der Waals surface area contributed by atoms with E-state index < -0.39 is 12.1 Å². The van der Waals surface area contributed by atoms with Gasteiger partial charge in [0.1, 0.15) is 17.6 Å². The number of allylic oxidation sites excluding steroid dienone is 4. The number of hydrogen-bond acceptors (Lipinski definition) is 7. The van der Waals surface area contributed by atoms with E-state index in [1.54, 1.807) is 36.4 Å². The molecule has 9 nitrogen and oxygen atoms in total. The minimum atomic E-state index is -1.08. The number of anilines is 1. The highest BCUT2D eigenvalue weighted by Crippen LogP contribution is 2.45. The van der Waals surface area contributed by atoms with Crippen molar-refractivity contribution in [3.63, 3.8) is 0 Å². The molecule has 2 aliphatic carbocycles. The lowest BCUT2D eigenvalue weighted by molar-refractivity contribution is -0.118. The van der Waals surface area contributed by atoms with E-state index >= 15 is 0 Å². The number of primary amides is 1. The van der Waals surface area contributed by atoms with Crippen LogP contribution in [0.4, 0.5) is 5.69 Å². The molecular weight excluding hydrogens is 506 g/mol. The van der Waals surface area contributed by atoms with Crippen LogP contribution < -0.4 is 16.4 Å². The lowest BCUT2D eigenvalue weighted by Crippen LogP contribution is -2.31. The quantitative estimate of drug-likeness (QED) is 0.222. The van der Waals surface area contributed by atoms with Crippen molar-refractivity contribution in [2.75, 3.05) is 18.9 Å². The monoisotopic (exact) mass is 537 g/mol. The van der Waals surface area contributed by atoms with E-state index in [1.165, 1.54) is 23.7 Å². The zero-order valence-electron chi connectivity index (χ0n) is 21.0. The summed E-state index contributed by atoms with van der Waals surface area (Å²) in [5.74, 6) is -1.39. The Morgan fingerprint density at radius 1 is 1.18 bits per heavy atom. The second-order valence-electron chi connectivity index (χ2n) is 8.84. The molecule has 200 valence electrons. The lowest BCUT2D eigenvalue weighted by Gasteiger charge is -2.36. The minimum Gasteiger partial charge on any atom is -0.508 e. The number of thiocarbonyl (C=S) groups is 1. The number of carbonyl (C=O) groups excluding carboxylic acids is 2. The smallest absolute Gasteiger partial charge is 0.336 e. The van der Waals surface area contributed by atoms with Crippen molar-refractivity contribution in [2.24, 2.45) is 11.7 Å². The molecule has 0 spiro atoms. The summed E-state index contributed by atoms with van der Waals surface area (Å²) in [7, 11) is 1.92. The van der Waals surface area contributed by atoms with Gasteiger partial charge in [0.05, 0.1) is 11.1 Å². The van der Waals surface area contributed by atoms with Gasteiger partial charge in [-0.15, -0.1) is 0 Å². The second kappa shape index (κ2) is 13.5. The standard InChI is InChI=1S/C21H15NO5S.C7H16N2O/c23-12-2-5-15-18(8-12)27-19-9-13(24)3-6-16(19)20(15)14-4-1-11(22-10-28)7-17(14)21(25)26;1-9-6-4-2-3-5-7(8)10/h1-10,15,18,23H,(H,22,28)(H,25,26);9H,2-6H2,1H3,(H2,8,10). The number of ether oxygens (including phenoxy) is 1. The zero-order valence-corrected chi connectivity index (χ0v) is 21.8. The van der Waals surface area contributed by atoms with Gasteiger partial charge < -0.3 is 31.3 Å². The van der Waals surface area contributed by atoms with Gasteiger partial charge in [0.2, 0.25) is 5.91 Å². The third-order valence-electron chi connectivity index (χ3n) is 6.12. The molecule has 0 fully saturated rings. The van der Waals surface area contributed by atoms with Gasteiger partial charge in [0, 0.05) is 29.7 Å². The first kappa shape index (κ1) is 28.5. The number of aliphatic hydroxyl groups excluding tert-OH is 1. The van der Waals surface area contributed by atoms with E-state index in [4.69, 9.17) is 22.7 Å². The highest BCUT2D eigenvalue weighted by molar-refractivity contribution is 7.79. The van der Waals surface area contributed by atoms with Crippen LogP contribution in [0.25, 0.3) is 5.57 Å². The highest BCUT2D eigenvalue weighted by Gasteiger charge is 2.37. The molecule has 2 atom stereocenters. The third kappa shape index (κ3) is 7.27.